The number of rotatable bonds is 5. The Labute approximate surface area is 170 Å². The molecule has 3 aromatic heterocycles. The molecular weight excluding hydrogens is 392 g/mol. The summed E-state index contributed by atoms with van der Waals surface area (Å²) in [5.41, 5.74) is 0.979. The molecule has 1 atom stereocenters. The monoisotopic (exact) mass is 408 g/mol. The van der Waals surface area contributed by atoms with E-state index in [0.29, 0.717) is 33.8 Å². The number of H-pyrrole nitrogens is 1. The van der Waals surface area contributed by atoms with Crippen molar-refractivity contribution in [2.45, 2.75) is 31.7 Å². The number of nitrogens with one attached hydrogen (secondary N) is 2. The molecule has 1 aromatic carbocycles. The van der Waals surface area contributed by atoms with Gasteiger partial charge in [0.15, 0.2) is 11.6 Å². The molecule has 1 aliphatic carbocycles. The summed E-state index contributed by atoms with van der Waals surface area (Å²) < 4.78 is 1.64. The summed E-state index contributed by atoms with van der Waals surface area (Å²) in [5, 5.41) is 16.5. The van der Waals surface area contributed by atoms with Gasteiger partial charge >= 0.3 is 0 Å². The van der Waals surface area contributed by atoms with Crippen LogP contribution < -0.4 is 10.9 Å². The van der Waals surface area contributed by atoms with Crippen molar-refractivity contribution in [3.63, 3.8) is 0 Å². The Morgan fingerprint density at radius 3 is 3.00 bits per heavy atom. The summed E-state index contributed by atoms with van der Waals surface area (Å²) in [4.78, 5) is 24.2. The second kappa shape index (κ2) is 6.93. The second-order valence-electron chi connectivity index (χ2n) is 7.09. The average Bonchev–Trinajstić information content (AvgIpc) is 3.44. The van der Waals surface area contributed by atoms with Crippen LogP contribution in [-0.2, 0) is 0 Å². The highest BCUT2D eigenvalue weighted by molar-refractivity contribution is 6.35. The van der Waals surface area contributed by atoms with Crippen LogP contribution in [0, 0.1) is 0 Å². The first-order chi connectivity index (χ1) is 14.1. The third kappa shape index (κ3) is 3.33. The number of fused-ring (bicyclic) bond motifs is 1. The largest absolute Gasteiger partial charge is 0.347 e. The number of pyridine rings is 1. The normalized spacial score (nSPS) is 14.8. The van der Waals surface area contributed by atoms with Gasteiger partial charge in [-0.15, -0.1) is 5.10 Å². The van der Waals surface area contributed by atoms with Gasteiger partial charge in [-0.1, -0.05) is 23.7 Å². The number of para-hydroxylation sites is 1. The Morgan fingerprint density at radius 2 is 2.17 bits per heavy atom. The van der Waals surface area contributed by atoms with Gasteiger partial charge in [0.1, 0.15) is 0 Å². The van der Waals surface area contributed by atoms with Crippen LogP contribution in [0.5, 0.6) is 0 Å². The number of halogens is 1. The predicted molar refractivity (Wildman–Crippen MR) is 108 cm³/mol. The number of hydrogen-bond donors (Lipinski definition) is 2. The molecule has 10 heteroatoms. The van der Waals surface area contributed by atoms with E-state index in [9.17, 15) is 4.79 Å². The van der Waals surface area contributed by atoms with Crippen LogP contribution in [0.25, 0.3) is 16.7 Å². The van der Waals surface area contributed by atoms with E-state index in [1.54, 1.807) is 23.0 Å². The Kier molecular flexibility index (Phi) is 4.24. The second-order valence-corrected chi connectivity index (χ2v) is 7.49. The first-order valence-electron chi connectivity index (χ1n) is 9.30. The van der Waals surface area contributed by atoms with Crippen LogP contribution in [0.3, 0.4) is 0 Å². The molecule has 29 heavy (non-hydrogen) atoms. The van der Waals surface area contributed by atoms with Crippen molar-refractivity contribution in [2.24, 2.45) is 0 Å². The smallest absolute Gasteiger partial charge is 0.253 e. The lowest BCUT2D eigenvalue weighted by Crippen LogP contribution is -2.20. The van der Waals surface area contributed by atoms with Gasteiger partial charge in [-0.2, -0.15) is 9.67 Å². The number of aromatic amines is 1. The Bertz CT molecular complexity index is 1260. The summed E-state index contributed by atoms with van der Waals surface area (Å²) in [6.45, 7) is 1.88. The van der Waals surface area contributed by atoms with E-state index >= 15 is 0 Å². The third-order valence-corrected chi connectivity index (χ3v) is 5.28. The molecule has 146 valence electrons. The van der Waals surface area contributed by atoms with Crippen LogP contribution in [0.15, 0.2) is 41.3 Å². The van der Waals surface area contributed by atoms with E-state index in [2.05, 4.69) is 35.8 Å². The molecule has 0 bridgehead atoms. The third-order valence-electron chi connectivity index (χ3n) is 4.96. The van der Waals surface area contributed by atoms with Crippen molar-refractivity contribution < 1.29 is 0 Å². The zero-order valence-corrected chi connectivity index (χ0v) is 16.3. The number of hydrogen-bond acceptors (Lipinski definition) is 7. The molecule has 0 saturated heterocycles. The lowest BCUT2D eigenvalue weighted by molar-refractivity contribution is 0.738. The summed E-state index contributed by atoms with van der Waals surface area (Å²) in [5.74, 6) is 2.17. The van der Waals surface area contributed by atoms with E-state index < -0.39 is 0 Å². The number of tetrazole rings is 1. The highest BCUT2D eigenvalue weighted by atomic mass is 35.5. The molecule has 0 amide bonds. The molecule has 1 saturated carbocycles. The SMILES string of the molecule is C[C@H](Nc1nccc(-n2nnnc2C2CC2)n1)c1cc2cccc(Cl)c2[nH]c1=O. The molecule has 0 aliphatic heterocycles. The van der Waals surface area contributed by atoms with Gasteiger partial charge in [0, 0.05) is 29.1 Å². The molecule has 1 aliphatic rings. The Morgan fingerprint density at radius 1 is 1.31 bits per heavy atom. The number of aromatic nitrogens is 7. The Hall–Kier alpha value is -3.33. The lowest BCUT2D eigenvalue weighted by atomic mass is 10.1. The quantitative estimate of drug-likeness (QED) is 0.521. The minimum absolute atomic E-state index is 0.210. The van der Waals surface area contributed by atoms with Crippen LogP contribution in [-0.4, -0.2) is 35.2 Å². The maximum absolute atomic E-state index is 12.6. The van der Waals surface area contributed by atoms with Crippen molar-refractivity contribution in [3.05, 3.63) is 63.3 Å². The first kappa shape index (κ1) is 17.7. The van der Waals surface area contributed by atoms with Gasteiger partial charge in [-0.25, -0.2) is 4.98 Å². The molecule has 1 fully saturated rings. The number of anilines is 1. The van der Waals surface area contributed by atoms with Crippen LogP contribution in [0.1, 0.15) is 43.1 Å². The van der Waals surface area contributed by atoms with Crippen molar-refractivity contribution in [1.82, 2.24) is 35.2 Å². The molecule has 2 N–H and O–H groups in total. The van der Waals surface area contributed by atoms with Gasteiger partial charge in [-0.05, 0) is 42.3 Å². The fraction of sp³-hybridized carbons (Fsp3) is 0.263. The summed E-state index contributed by atoms with van der Waals surface area (Å²) in [6, 6.07) is 8.75. The standard InChI is InChI=1S/C19H17ClN8O/c1-10(13-9-12-3-2-4-14(20)16(12)24-18(13)29)22-19-21-8-7-15(23-19)28-17(11-5-6-11)25-26-27-28/h2-4,7-11H,5-6H2,1H3,(H,24,29)(H,21,22,23)/t10-/m0/s1. The van der Waals surface area contributed by atoms with Crippen molar-refractivity contribution in [1.29, 1.82) is 0 Å². The average molecular weight is 409 g/mol. The van der Waals surface area contributed by atoms with E-state index in [0.717, 1.165) is 24.1 Å². The summed E-state index contributed by atoms with van der Waals surface area (Å²) in [6.07, 6.45) is 3.81. The van der Waals surface area contributed by atoms with E-state index in [4.69, 9.17) is 11.6 Å². The van der Waals surface area contributed by atoms with Crippen molar-refractivity contribution in [2.75, 3.05) is 5.32 Å². The zero-order chi connectivity index (χ0) is 20.0. The van der Waals surface area contributed by atoms with Gasteiger partial charge in [0.05, 0.1) is 16.6 Å². The van der Waals surface area contributed by atoms with Gasteiger partial charge in [0.2, 0.25) is 5.95 Å². The Balaban J connectivity index is 1.45. The van der Waals surface area contributed by atoms with E-state index in [1.807, 2.05) is 25.1 Å². The highest BCUT2D eigenvalue weighted by Gasteiger charge is 2.30. The van der Waals surface area contributed by atoms with Gasteiger partial charge in [0.25, 0.3) is 5.56 Å². The highest BCUT2D eigenvalue weighted by Crippen LogP contribution is 2.39. The number of benzene rings is 1. The fourth-order valence-corrected chi connectivity index (χ4v) is 3.52. The molecule has 0 radical (unpaired) electrons. The maximum Gasteiger partial charge on any atom is 0.253 e. The summed E-state index contributed by atoms with van der Waals surface area (Å²) >= 11 is 6.17. The predicted octanol–water partition coefficient (Wildman–Crippen LogP) is 3.00. The molecule has 4 aromatic rings. The molecule has 0 unspecified atom stereocenters. The van der Waals surface area contributed by atoms with Gasteiger partial charge in [-0.3, -0.25) is 4.79 Å². The van der Waals surface area contributed by atoms with E-state index in [1.165, 1.54) is 0 Å². The summed E-state index contributed by atoms with van der Waals surface area (Å²) in [7, 11) is 0. The minimum Gasteiger partial charge on any atom is -0.347 e. The van der Waals surface area contributed by atoms with Crippen LogP contribution >= 0.6 is 11.6 Å². The van der Waals surface area contributed by atoms with Crippen molar-refractivity contribution >= 4 is 28.5 Å². The molecular formula is C19H17ClN8O. The number of nitrogens with zero attached hydrogens (tertiary/aromatic N) is 6. The first-order valence-corrected chi connectivity index (χ1v) is 9.67. The molecule has 3 heterocycles. The van der Waals surface area contributed by atoms with E-state index in [-0.39, 0.29) is 11.6 Å². The molecule has 5 rings (SSSR count). The minimum atomic E-state index is -0.325. The lowest BCUT2D eigenvalue weighted by Gasteiger charge is -2.15. The maximum atomic E-state index is 12.6. The van der Waals surface area contributed by atoms with Crippen LogP contribution in [0.2, 0.25) is 5.02 Å². The molecule has 0 spiro atoms. The zero-order valence-electron chi connectivity index (χ0n) is 15.5. The van der Waals surface area contributed by atoms with Gasteiger partial charge < -0.3 is 10.3 Å². The fourth-order valence-electron chi connectivity index (χ4n) is 3.29. The van der Waals surface area contributed by atoms with Crippen molar-refractivity contribution in [3.8, 4) is 5.82 Å². The topological polar surface area (TPSA) is 114 Å². The van der Waals surface area contributed by atoms with Crippen LogP contribution in [0.4, 0.5) is 5.95 Å². The molecule has 9 nitrogen and oxygen atoms in total.